The van der Waals surface area contributed by atoms with Crippen LogP contribution >= 0.6 is 0 Å². The van der Waals surface area contributed by atoms with Crippen LogP contribution in [0.2, 0.25) is 39.3 Å². The third kappa shape index (κ3) is 14.3. The van der Waals surface area contributed by atoms with Gasteiger partial charge in [0.1, 0.15) is 6.15 Å². The van der Waals surface area contributed by atoms with E-state index in [9.17, 15) is 0 Å². The number of ether oxygens (including phenoxy) is 1. The van der Waals surface area contributed by atoms with Gasteiger partial charge in [-0.15, -0.1) is 16.1 Å². The van der Waals surface area contributed by atoms with E-state index in [1.54, 1.807) is 0 Å². The molecule has 0 aliphatic carbocycles. The maximum atomic E-state index is 4.94. The van der Waals surface area contributed by atoms with E-state index >= 15 is 0 Å². The first kappa shape index (κ1) is 37.2. The van der Waals surface area contributed by atoms with Crippen LogP contribution in [0.1, 0.15) is 12.8 Å². The van der Waals surface area contributed by atoms with Gasteiger partial charge in [0, 0.05) is 13.2 Å². The van der Waals surface area contributed by atoms with E-state index in [0.29, 0.717) is 0 Å². The van der Waals surface area contributed by atoms with Gasteiger partial charge in [0.2, 0.25) is 0 Å². The molecule has 0 aromatic heterocycles. The molecule has 1 heterocycles. The van der Waals surface area contributed by atoms with Crippen molar-refractivity contribution < 1.29 is 30.6 Å². The first-order valence-corrected chi connectivity index (χ1v) is 22.0. The zero-order chi connectivity index (χ0) is 29.5. The van der Waals surface area contributed by atoms with Crippen molar-refractivity contribution in [3.05, 3.63) is 134 Å². The van der Waals surface area contributed by atoms with Crippen molar-refractivity contribution >= 4 is 44.1 Å². The van der Waals surface area contributed by atoms with Gasteiger partial charge in [0.15, 0.2) is 0 Å². The molecular formula is C36H50BOScSi2. The summed E-state index contributed by atoms with van der Waals surface area (Å²) in [5, 5.41) is 0. The molecule has 1 aliphatic heterocycles. The minimum absolute atomic E-state index is 0. The van der Waals surface area contributed by atoms with Crippen molar-refractivity contribution in [1.82, 2.24) is 0 Å². The van der Waals surface area contributed by atoms with Crippen LogP contribution in [-0.2, 0) is 30.6 Å². The standard InChI is InChI=1S/C24H20B.C4H8O.2C4H11Si.Sc/c1-5-13-21(14-6-1)25(22-15-7-2-8-16-22,23-17-9-3-10-18-23)24-19-11-4-12-20-24;1-2-4-5-3-1;2*1-5(2,3)4;/h1-20H;1-4H2;2*1H2,2-4H3;/q-1;;2*-1;+3. The van der Waals surface area contributed by atoms with Crippen LogP contribution in [0.3, 0.4) is 0 Å². The zero-order valence-corrected chi connectivity index (χ0v) is 30.2. The summed E-state index contributed by atoms with van der Waals surface area (Å²) < 4.78 is 4.94. The van der Waals surface area contributed by atoms with E-state index in [4.69, 9.17) is 4.74 Å². The van der Waals surface area contributed by atoms with E-state index in [1.165, 1.54) is 34.7 Å². The summed E-state index contributed by atoms with van der Waals surface area (Å²) in [5.74, 6) is 0. The Hall–Kier alpha value is -1.79. The molecule has 1 aliphatic rings. The molecule has 0 bridgehead atoms. The molecule has 5 rings (SSSR count). The topological polar surface area (TPSA) is 9.23 Å². The molecule has 4 aromatic rings. The van der Waals surface area contributed by atoms with Crippen molar-refractivity contribution in [2.24, 2.45) is 0 Å². The molecule has 0 N–H and O–H groups in total. The molecule has 5 heteroatoms. The Balaban J connectivity index is 0.000000433. The van der Waals surface area contributed by atoms with Crippen molar-refractivity contribution in [3.8, 4) is 0 Å². The molecule has 4 aromatic carbocycles. The fraction of sp³-hybridized carbons (Fsp3) is 0.278. The van der Waals surface area contributed by atoms with E-state index < -0.39 is 22.3 Å². The summed E-state index contributed by atoms with van der Waals surface area (Å²) in [6.45, 7) is 23.1. The maximum Gasteiger partial charge on any atom is 3.00 e. The van der Waals surface area contributed by atoms with E-state index in [1.807, 2.05) is 0 Å². The molecule has 0 atom stereocenters. The molecule has 1 nitrogen and oxygen atoms in total. The van der Waals surface area contributed by atoms with Crippen LogP contribution in [0.25, 0.3) is 0 Å². The predicted octanol–water partition coefficient (Wildman–Crippen LogP) is 7.25. The van der Waals surface area contributed by atoms with Gasteiger partial charge in [-0.25, -0.2) is 0 Å². The first-order chi connectivity index (χ1) is 18.9. The van der Waals surface area contributed by atoms with Gasteiger partial charge in [-0.3, -0.25) is 0 Å². The monoisotopic (exact) mass is 610 g/mol. The van der Waals surface area contributed by atoms with Gasteiger partial charge in [-0.05, 0) is 12.8 Å². The van der Waals surface area contributed by atoms with Gasteiger partial charge < -0.3 is 17.8 Å². The molecular weight excluding hydrogens is 560 g/mol. The summed E-state index contributed by atoms with van der Waals surface area (Å²) >= 11 is 0. The first-order valence-electron chi connectivity index (χ1n) is 14.6. The molecule has 214 valence electrons. The van der Waals surface area contributed by atoms with Crippen molar-refractivity contribution in [2.45, 2.75) is 52.1 Å². The SMILES string of the molecule is C1CCOC1.[CH2-][Si](C)(C)C.[CH2-][Si](C)(C)C.[Sc+3].c1ccc([B-](c2ccccc2)(c2ccccc2)c2ccccc2)cc1. The van der Waals surface area contributed by atoms with Crippen LogP contribution < -0.4 is 21.9 Å². The second kappa shape index (κ2) is 18.7. The van der Waals surface area contributed by atoms with Gasteiger partial charge >= 0.3 is 25.8 Å². The molecule has 0 spiro atoms. The van der Waals surface area contributed by atoms with Crippen LogP contribution in [0, 0.1) is 13.1 Å². The number of rotatable bonds is 4. The van der Waals surface area contributed by atoms with E-state index in [-0.39, 0.29) is 25.8 Å². The second-order valence-corrected chi connectivity index (χ2v) is 23.2. The Morgan fingerprint density at radius 1 is 0.463 bits per heavy atom. The second-order valence-electron chi connectivity index (χ2n) is 12.9. The number of hydrogen-bond donors (Lipinski definition) is 0. The normalized spacial score (nSPS) is 12.7. The predicted molar refractivity (Wildman–Crippen MR) is 188 cm³/mol. The van der Waals surface area contributed by atoms with Gasteiger partial charge in [-0.2, -0.15) is 21.9 Å². The van der Waals surface area contributed by atoms with Crippen molar-refractivity contribution in [1.29, 1.82) is 0 Å². The fourth-order valence-corrected chi connectivity index (χ4v) is 4.63. The number of benzene rings is 4. The minimum Gasteiger partial charge on any atom is -0.381 e. The molecule has 0 radical (unpaired) electrons. The third-order valence-corrected chi connectivity index (χ3v) is 6.03. The Bertz CT molecular complexity index is 993. The van der Waals surface area contributed by atoms with Gasteiger partial charge in [0.05, 0.1) is 0 Å². The molecule has 1 fully saturated rings. The minimum atomic E-state index is -1.22. The maximum absolute atomic E-state index is 4.94. The Kier molecular flexibility index (Phi) is 17.0. The Morgan fingerprint density at radius 3 is 0.805 bits per heavy atom. The molecule has 41 heavy (non-hydrogen) atoms. The molecule has 0 saturated carbocycles. The van der Waals surface area contributed by atoms with E-state index in [2.05, 4.69) is 174 Å². The number of hydrogen-bond acceptors (Lipinski definition) is 1. The quantitative estimate of drug-likeness (QED) is 0.175. The van der Waals surface area contributed by atoms with Crippen LogP contribution in [-0.4, -0.2) is 35.5 Å². The molecule has 0 unspecified atom stereocenters. The average Bonchev–Trinajstić information content (AvgIpc) is 3.51. The van der Waals surface area contributed by atoms with Crippen molar-refractivity contribution in [2.75, 3.05) is 13.2 Å². The Labute approximate surface area is 272 Å². The average molecular weight is 611 g/mol. The van der Waals surface area contributed by atoms with Crippen LogP contribution in [0.4, 0.5) is 0 Å². The zero-order valence-electron chi connectivity index (χ0n) is 26.4. The summed E-state index contributed by atoms with van der Waals surface area (Å²) in [6, 6.07) is 43.5. The van der Waals surface area contributed by atoms with Gasteiger partial charge in [-0.1, -0.05) is 161 Å². The van der Waals surface area contributed by atoms with E-state index in [0.717, 1.165) is 13.2 Å². The molecule has 0 amide bonds. The fourth-order valence-electron chi connectivity index (χ4n) is 4.63. The Morgan fingerprint density at radius 2 is 0.659 bits per heavy atom. The molecule has 1 saturated heterocycles. The smallest absolute Gasteiger partial charge is 0.381 e. The largest absolute Gasteiger partial charge is 3.00 e. The summed E-state index contributed by atoms with van der Waals surface area (Å²) in [7, 11) is -1.72. The third-order valence-electron chi connectivity index (χ3n) is 6.03. The van der Waals surface area contributed by atoms with Crippen molar-refractivity contribution in [3.63, 3.8) is 0 Å². The summed E-state index contributed by atoms with van der Waals surface area (Å²) in [6.07, 6.45) is 1.34. The van der Waals surface area contributed by atoms with Crippen LogP contribution in [0.15, 0.2) is 121 Å². The summed E-state index contributed by atoms with van der Waals surface area (Å²) in [4.78, 5) is 0. The van der Waals surface area contributed by atoms with Crippen LogP contribution in [0.5, 0.6) is 0 Å². The van der Waals surface area contributed by atoms with Gasteiger partial charge in [0.25, 0.3) is 0 Å². The summed E-state index contributed by atoms with van der Waals surface area (Å²) in [5.41, 5.74) is 5.36.